The molecule has 1 rings (SSSR count). The molecular weight excluding hydrogens is 286 g/mol. The predicted octanol–water partition coefficient (Wildman–Crippen LogP) is 0.615. The van der Waals surface area contributed by atoms with E-state index in [9.17, 15) is 18.0 Å². The Bertz CT molecular complexity index is 610. The number of carboxylic acid groups (broad SMARTS) is 1. The molecule has 0 saturated heterocycles. The molecule has 0 aliphatic heterocycles. The van der Waals surface area contributed by atoms with Crippen molar-refractivity contribution in [2.45, 2.75) is 24.3 Å². The van der Waals surface area contributed by atoms with Crippen molar-refractivity contribution in [2.75, 3.05) is 7.11 Å². The van der Waals surface area contributed by atoms with E-state index in [-0.39, 0.29) is 16.9 Å². The SMILES string of the molecule is CC[C@@H](NS(=O)(=O)c1ccccc1C(=O)OC)C(=O)O. The van der Waals surface area contributed by atoms with Gasteiger partial charge < -0.3 is 9.84 Å². The number of rotatable bonds is 6. The smallest absolute Gasteiger partial charge is 0.339 e. The topological polar surface area (TPSA) is 110 Å². The molecule has 20 heavy (non-hydrogen) atoms. The van der Waals surface area contributed by atoms with Gasteiger partial charge in [-0.3, -0.25) is 4.79 Å². The van der Waals surface area contributed by atoms with Gasteiger partial charge in [-0.05, 0) is 18.6 Å². The predicted molar refractivity (Wildman–Crippen MR) is 69.8 cm³/mol. The van der Waals surface area contributed by atoms with Crippen LogP contribution >= 0.6 is 0 Å². The molecule has 0 unspecified atom stereocenters. The summed E-state index contributed by atoms with van der Waals surface area (Å²) in [7, 11) is -3.00. The van der Waals surface area contributed by atoms with Crippen LogP contribution < -0.4 is 4.72 Å². The maximum Gasteiger partial charge on any atom is 0.339 e. The van der Waals surface area contributed by atoms with Gasteiger partial charge >= 0.3 is 11.9 Å². The second-order valence-corrected chi connectivity index (χ2v) is 5.59. The number of benzene rings is 1. The fourth-order valence-corrected chi connectivity index (χ4v) is 3.01. The maximum absolute atomic E-state index is 12.2. The highest BCUT2D eigenvalue weighted by molar-refractivity contribution is 7.89. The van der Waals surface area contributed by atoms with E-state index in [2.05, 4.69) is 4.74 Å². The molecule has 1 aromatic carbocycles. The second kappa shape index (κ2) is 6.49. The van der Waals surface area contributed by atoms with Crippen LogP contribution in [0.2, 0.25) is 0 Å². The standard InChI is InChI=1S/C12H15NO6S/c1-3-9(11(14)15)13-20(17,18)10-7-5-4-6-8(10)12(16)19-2/h4-7,9,13H,3H2,1-2H3,(H,14,15)/t9-/m1/s1. The molecule has 7 nitrogen and oxygen atoms in total. The molecule has 0 heterocycles. The molecule has 0 spiro atoms. The van der Waals surface area contributed by atoms with Crippen molar-refractivity contribution in [3.63, 3.8) is 0 Å². The molecule has 0 aromatic heterocycles. The van der Waals surface area contributed by atoms with Gasteiger partial charge in [0.1, 0.15) is 6.04 Å². The Morgan fingerprint density at radius 1 is 1.35 bits per heavy atom. The summed E-state index contributed by atoms with van der Waals surface area (Å²) in [5, 5.41) is 8.89. The summed E-state index contributed by atoms with van der Waals surface area (Å²) in [5.74, 6) is -2.10. The minimum absolute atomic E-state index is 0.0783. The van der Waals surface area contributed by atoms with Crippen LogP contribution in [0.3, 0.4) is 0 Å². The van der Waals surface area contributed by atoms with E-state index in [4.69, 9.17) is 5.11 Å². The first kappa shape index (κ1) is 16.1. The molecule has 1 atom stereocenters. The van der Waals surface area contributed by atoms with Crippen LogP contribution in [0.5, 0.6) is 0 Å². The Morgan fingerprint density at radius 3 is 2.45 bits per heavy atom. The van der Waals surface area contributed by atoms with Gasteiger partial charge in [0.2, 0.25) is 10.0 Å². The average molecular weight is 301 g/mol. The Balaban J connectivity index is 3.23. The second-order valence-electron chi connectivity index (χ2n) is 3.91. The molecule has 0 fully saturated rings. The fraction of sp³-hybridized carbons (Fsp3) is 0.333. The van der Waals surface area contributed by atoms with Crippen molar-refractivity contribution < 1.29 is 27.9 Å². The van der Waals surface area contributed by atoms with Crippen molar-refractivity contribution in [1.29, 1.82) is 0 Å². The number of ether oxygens (including phenoxy) is 1. The lowest BCUT2D eigenvalue weighted by atomic mass is 10.2. The maximum atomic E-state index is 12.2. The van der Waals surface area contributed by atoms with Crippen LogP contribution in [0.15, 0.2) is 29.2 Å². The molecule has 0 bridgehead atoms. The summed E-state index contributed by atoms with van der Waals surface area (Å²) in [6.45, 7) is 1.54. The Hall–Kier alpha value is -1.93. The minimum atomic E-state index is -4.13. The molecule has 0 aliphatic rings. The van der Waals surface area contributed by atoms with Crippen LogP contribution in [-0.4, -0.2) is 38.6 Å². The summed E-state index contributed by atoms with van der Waals surface area (Å²) in [4.78, 5) is 22.1. The van der Waals surface area contributed by atoms with E-state index in [1.54, 1.807) is 0 Å². The molecule has 0 aliphatic carbocycles. The third-order valence-electron chi connectivity index (χ3n) is 2.59. The van der Waals surface area contributed by atoms with Crippen LogP contribution in [0.1, 0.15) is 23.7 Å². The number of carbonyl (C=O) groups excluding carboxylic acids is 1. The van der Waals surface area contributed by atoms with E-state index in [1.165, 1.54) is 31.2 Å². The normalized spacial score (nSPS) is 12.7. The zero-order valence-electron chi connectivity index (χ0n) is 11.0. The number of carboxylic acids is 1. The number of esters is 1. The Morgan fingerprint density at radius 2 is 1.95 bits per heavy atom. The molecule has 110 valence electrons. The van der Waals surface area contributed by atoms with Gasteiger partial charge in [0.05, 0.1) is 17.6 Å². The lowest BCUT2D eigenvalue weighted by Crippen LogP contribution is -2.40. The highest BCUT2D eigenvalue weighted by Crippen LogP contribution is 2.17. The van der Waals surface area contributed by atoms with Crippen molar-refractivity contribution in [3.05, 3.63) is 29.8 Å². The number of sulfonamides is 1. The number of carbonyl (C=O) groups is 2. The van der Waals surface area contributed by atoms with Crippen molar-refractivity contribution in [1.82, 2.24) is 4.72 Å². The first-order valence-corrected chi connectivity index (χ1v) is 7.24. The first-order valence-electron chi connectivity index (χ1n) is 5.76. The van der Waals surface area contributed by atoms with E-state index >= 15 is 0 Å². The Labute approximate surface area is 116 Å². The summed E-state index contributed by atoms with van der Waals surface area (Å²) in [5.41, 5.74) is -0.150. The van der Waals surface area contributed by atoms with E-state index in [0.29, 0.717) is 0 Å². The number of hydrogen-bond donors (Lipinski definition) is 2. The number of nitrogens with one attached hydrogen (secondary N) is 1. The number of hydrogen-bond acceptors (Lipinski definition) is 5. The van der Waals surface area contributed by atoms with Gasteiger partial charge in [-0.1, -0.05) is 19.1 Å². The molecule has 8 heteroatoms. The zero-order valence-corrected chi connectivity index (χ0v) is 11.8. The quantitative estimate of drug-likeness (QED) is 0.745. The fourth-order valence-electron chi connectivity index (χ4n) is 1.54. The molecule has 0 saturated carbocycles. The van der Waals surface area contributed by atoms with E-state index in [1.807, 2.05) is 4.72 Å². The Kier molecular flexibility index (Phi) is 5.23. The molecule has 1 aromatic rings. The highest BCUT2D eigenvalue weighted by atomic mass is 32.2. The lowest BCUT2D eigenvalue weighted by Gasteiger charge is -2.14. The summed E-state index contributed by atoms with van der Waals surface area (Å²) in [6, 6.07) is 4.17. The summed E-state index contributed by atoms with van der Waals surface area (Å²) >= 11 is 0. The number of aliphatic carboxylic acids is 1. The van der Waals surface area contributed by atoms with Crippen molar-refractivity contribution in [2.24, 2.45) is 0 Å². The van der Waals surface area contributed by atoms with Gasteiger partial charge in [0.25, 0.3) is 0 Å². The lowest BCUT2D eigenvalue weighted by molar-refractivity contribution is -0.139. The van der Waals surface area contributed by atoms with Crippen LogP contribution in [0.25, 0.3) is 0 Å². The van der Waals surface area contributed by atoms with Crippen LogP contribution in [0.4, 0.5) is 0 Å². The molecule has 0 radical (unpaired) electrons. The van der Waals surface area contributed by atoms with Crippen molar-refractivity contribution >= 4 is 22.0 Å². The molecule has 0 amide bonds. The third kappa shape index (κ3) is 3.55. The number of methoxy groups -OCH3 is 1. The summed E-state index contributed by atoms with van der Waals surface area (Å²) < 4.78 is 30.9. The van der Waals surface area contributed by atoms with E-state index in [0.717, 1.165) is 7.11 Å². The van der Waals surface area contributed by atoms with Gasteiger partial charge in [0.15, 0.2) is 0 Å². The largest absolute Gasteiger partial charge is 0.480 e. The average Bonchev–Trinajstić information content (AvgIpc) is 2.43. The summed E-state index contributed by atoms with van der Waals surface area (Å²) in [6.07, 6.45) is 0.0783. The van der Waals surface area contributed by atoms with E-state index < -0.39 is 28.0 Å². The third-order valence-corrected chi connectivity index (χ3v) is 4.12. The first-order chi connectivity index (χ1) is 9.33. The minimum Gasteiger partial charge on any atom is -0.480 e. The van der Waals surface area contributed by atoms with Gasteiger partial charge in [-0.2, -0.15) is 4.72 Å². The van der Waals surface area contributed by atoms with Crippen LogP contribution in [-0.2, 0) is 19.6 Å². The zero-order chi connectivity index (χ0) is 15.3. The monoisotopic (exact) mass is 301 g/mol. The molecular formula is C12H15NO6S. The van der Waals surface area contributed by atoms with Gasteiger partial charge in [0, 0.05) is 0 Å². The van der Waals surface area contributed by atoms with Crippen molar-refractivity contribution in [3.8, 4) is 0 Å². The highest BCUT2D eigenvalue weighted by Gasteiger charge is 2.27. The van der Waals surface area contributed by atoms with Gasteiger partial charge in [-0.15, -0.1) is 0 Å². The van der Waals surface area contributed by atoms with Gasteiger partial charge in [-0.25, -0.2) is 13.2 Å². The van der Waals surface area contributed by atoms with Crippen LogP contribution in [0, 0.1) is 0 Å². The molecule has 2 N–H and O–H groups in total.